The number of hydrogen-bond donors (Lipinski definition) is 0. The second kappa shape index (κ2) is 10.7. The van der Waals surface area contributed by atoms with E-state index in [9.17, 15) is 0 Å². The lowest BCUT2D eigenvalue weighted by Crippen LogP contribution is -1.94. The van der Waals surface area contributed by atoms with Crippen LogP contribution in [0.4, 0.5) is 0 Å². The Labute approximate surface area is 294 Å². The maximum absolute atomic E-state index is 2.46. The molecule has 0 fully saturated rings. The van der Waals surface area contributed by atoms with Crippen LogP contribution in [0, 0.1) is 0 Å². The topological polar surface area (TPSA) is 4.93 Å². The Morgan fingerprint density at radius 1 is 0.360 bits per heavy atom. The van der Waals surface area contributed by atoms with Crippen LogP contribution >= 0.6 is 11.8 Å². The van der Waals surface area contributed by atoms with Crippen LogP contribution in [0.1, 0.15) is 0 Å². The number of hydrogen-bond acceptors (Lipinski definition) is 1. The highest BCUT2D eigenvalue weighted by molar-refractivity contribution is 7.99. The highest BCUT2D eigenvalue weighted by Gasteiger charge is 2.20. The number of nitrogens with zero attached hydrogens (tertiary/aromatic N) is 1. The summed E-state index contributed by atoms with van der Waals surface area (Å²) in [6.07, 6.45) is 0. The standard InChI is InChI=1S/C48H29NS/c1-3-11-38-33(7-1)22-27-43-47(38)41-26-21-34-8-2-4-12-39(34)48(41)49(43)37-24-19-31(20-25-37)30-15-17-32(18-16-30)36-23-28-44-42(29-36)40-13-5-9-35-10-6-14-45(50-44)46(35)40/h1-29H. The average Bonchev–Trinajstić information content (AvgIpc) is 3.54. The summed E-state index contributed by atoms with van der Waals surface area (Å²) < 4.78 is 2.46. The smallest absolute Gasteiger partial charge is 0.0619 e. The average molecular weight is 652 g/mol. The van der Waals surface area contributed by atoms with E-state index in [2.05, 4.69) is 180 Å². The molecule has 0 atom stereocenters. The van der Waals surface area contributed by atoms with E-state index in [0.29, 0.717) is 0 Å². The quantitative estimate of drug-likeness (QED) is 0.184. The Morgan fingerprint density at radius 2 is 0.980 bits per heavy atom. The van der Waals surface area contributed by atoms with Gasteiger partial charge in [-0.05, 0) is 91.3 Å². The molecule has 0 unspecified atom stereocenters. The zero-order valence-electron chi connectivity index (χ0n) is 27.1. The van der Waals surface area contributed by atoms with Gasteiger partial charge in [0.25, 0.3) is 0 Å². The van der Waals surface area contributed by atoms with Gasteiger partial charge in [-0.1, -0.05) is 151 Å². The van der Waals surface area contributed by atoms with E-state index in [1.165, 1.54) is 103 Å². The third kappa shape index (κ3) is 4.09. The van der Waals surface area contributed by atoms with Crippen molar-refractivity contribution in [3.63, 3.8) is 0 Å². The van der Waals surface area contributed by atoms with Crippen LogP contribution < -0.4 is 0 Å². The van der Waals surface area contributed by atoms with Gasteiger partial charge in [-0.3, -0.25) is 0 Å². The van der Waals surface area contributed by atoms with E-state index < -0.39 is 0 Å². The summed E-state index contributed by atoms with van der Waals surface area (Å²) >= 11 is 1.88. The molecular weight excluding hydrogens is 623 g/mol. The minimum atomic E-state index is 1.17. The molecule has 10 aromatic rings. The van der Waals surface area contributed by atoms with Crippen LogP contribution in [-0.2, 0) is 0 Å². The molecule has 9 aromatic carbocycles. The van der Waals surface area contributed by atoms with Gasteiger partial charge in [0.2, 0.25) is 0 Å². The van der Waals surface area contributed by atoms with Crippen LogP contribution in [-0.4, -0.2) is 4.57 Å². The largest absolute Gasteiger partial charge is 0.309 e. The van der Waals surface area contributed by atoms with Crippen molar-refractivity contribution in [2.75, 3.05) is 0 Å². The van der Waals surface area contributed by atoms with E-state index in [1.807, 2.05) is 11.8 Å². The van der Waals surface area contributed by atoms with Crippen LogP contribution in [0.15, 0.2) is 186 Å². The van der Waals surface area contributed by atoms with Crippen LogP contribution in [0.5, 0.6) is 0 Å². The number of fused-ring (bicyclic) bond motifs is 9. The molecule has 0 radical (unpaired) electrons. The number of aromatic nitrogens is 1. The minimum Gasteiger partial charge on any atom is -0.309 e. The summed E-state index contributed by atoms with van der Waals surface area (Å²) in [6.45, 7) is 0. The second-order valence-corrected chi connectivity index (χ2v) is 14.4. The minimum absolute atomic E-state index is 1.17. The number of rotatable bonds is 3. The third-order valence-corrected chi connectivity index (χ3v) is 11.7. The van der Waals surface area contributed by atoms with Crippen LogP contribution in [0.25, 0.3) is 93.2 Å². The molecule has 1 aromatic heterocycles. The molecule has 2 heterocycles. The Bertz CT molecular complexity index is 2980. The maximum atomic E-state index is 2.46. The Kier molecular flexibility index (Phi) is 5.96. The summed E-state index contributed by atoms with van der Waals surface area (Å²) in [5, 5.41) is 10.4. The Morgan fingerprint density at radius 3 is 1.78 bits per heavy atom. The summed E-state index contributed by atoms with van der Waals surface area (Å²) in [4.78, 5) is 2.66. The first-order valence-electron chi connectivity index (χ1n) is 17.2. The molecule has 0 aliphatic carbocycles. The van der Waals surface area contributed by atoms with Crippen LogP contribution in [0.2, 0.25) is 0 Å². The molecule has 0 amide bonds. The fourth-order valence-corrected chi connectivity index (χ4v) is 9.35. The molecule has 1 aliphatic rings. The number of benzene rings is 9. The lowest BCUT2D eigenvalue weighted by molar-refractivity contribution is 1.19. The zero-order valence-corrected chi connectivity index (χ0v) is 27.9. The first kappa shape index (κ1) is 27.8. The van der Waals surface area contributed by atoms with E-state index in [-0.39, 0.29) is 0 Å². The van der Waals surface area contributed by atoms with E-state index in [4.69, 9.17) is 0 Å². The molecule has 232 valence electrons. The molecule has 0 saturated carbocycles. The van der Waals surface area contributed by atoms with Crippen molar-refractivity contribution in [2.24, 2.45) is 0 Å². The van der Waals surface area contributed by atoms with E-state index >= 15 is 0 Å². The van der Waals surface area contributed by atoms with Crippen LogP contribution in [0.3, 0.4) is 0 Å². The van der Waals surface area contributed by atoms with Gasteiger partial charge in [-0.15, -0.1) is 0 Å². The van der Waals surface area contributed by atoms with Gasteiger partial charge in [0, 0.05) is 37.0 Å². The fourth-order valence-electron chi connectivity index (χ4n) is 8.22. The first-order valence-corrected chi connectivity index (χ1v) is 18.0. The van der Waals surface area contributed by atoms with Gasteiger partial charge >= 0.3 is 0 Å². The summed E-state index contributed by atoms with van der Waals surface area (Å²) in [5.74, 6) is 0. The zero-order chi connectivity index (χ0) is 32.8. The van der Waals surface area contributed by atoms with Gasteiger partial charge in [-0.25, -0.2) is 0 Å². The van der Waals surface area contributed by atoms with Crippen molar-refractivity contribution >= 4 is 65.9 Å². The lowest BCUT2D eigenvalue weighted by atomic mass is 9.94. The molecule has 11 rings (SSSR count). The van der Waals surface area contributed by atoms with Crippen molar-refractivity contribution in [2.45, 2.75) is 9.79 Å². The Balaban J connectivity index is 0.985. The van der Waals surface area contributed by atoms with Gasteiger partial charge in [0.05, 0.1) is 11.0 Å². The predicted molar refractivity (Wildman–Crippen MR) is 214 cm³/mol. The summed E-state index contributed by atoms with van der Waals surface area (Å²) in [5.41, 5.74) is 11.2. The van der Waals surface area contributed by atoms with Crippen molar-refractivity contribution < 1.29 is 0 Å². The predicted octanol–water partition coefficient (Wildman–Crippen LogP) is 13.7. The first-order chi connectivity index (χ1) is 24.8. The highest BCUT2D eigenvalue weighted by atomic mass is 32.2. The fraction of sp³-hybridized carbons (Fsp3) is 0. The van der Waals surface area contributed by atoms with E-state index in [1.54, 1.807) is 0 Å². The van der Waals surface area contributed by atoms with Gasteiger partial charge < -0.3 is 4.57 Å². The maximum Gasteiger partial charge on any atom is 0.0619 e. The molecule has 1 aliphatic heterocycles. The van der Waals surface area contributed by atoms with Crippen molar-refractivity contribution in [1.29, 1.82) is 0 Å². The summed E-state index contributed by atoms with van der Waals surface area (Å²) in [6, 6.07) is 64.9. The third-order valence-electron chi connectivity index (χ3n) is 10.6. The SMILES string of the molecule is c1cc2c3c(cccc3c1)-c1cc(-c3ccc(-c4ccc(-n5c6ccc7ccccc7c6c6ccc7ccccc7c65)cc4)cc3)ccc1S2. The monoisotopic (exact) mass is 651 g/mol. The second-order valence-electron chi connectivity index (χ2n) is 13.3. The molecule has 0 saturated heterocycles. The molecular formula is C48H29NS. The van der Waals surface area contributed by atoms with Gasteiger partial charge in [-0.2, -0.15) is 0 Å². The van der Waals surface area contributed by atoms with Gasteiger partial charge in [0.15, 0.2) is 0 Å². The molecule has 1 nitrogen and oxygen atoms in total. The molecule has 2 heteroatoms. The molecule has 0 N–H and O–H groups in total. The van der Waals surface area contributed by atoms with Crippen molar-refractivity contribution in [1.82, 2.24) is 4.57 Å². The normalized spacial score (nSPS) is 12.3. The molecule has 50 heavy (non-hydrogen) atoms. The summed E-state index contributed by atoms with van der Waals surface area (Å²) in [7, 11) is 0. The van der Waals surface area contributed by atoms with Crippen molar-refractivity contribution in [3.05, 3.63) is 176 Å². The highest BCUT2D eigenvalue weighted by Crippen LogP contribution is 2.49. The van der Waals surface area contributed by atoms with Gasteiger partial charge in [0.1, 0.15) is 0 Å². The lowest BCUT2D eigenvalue weighted by Gasteiger charge is -2.21. The Hall–Kier alpha value is -6.09. The molecule has 0 spiro atoms. The molecule has 0 bridgehead atoms. The van der Waals surface area contributed by atoms with Crippen molar-refractivity contribution in [3.8, 4) is 39.1 Å². The van der Waals surface area contributed by atoms with E-state index in [0.717, 1.165) is 0 Å².